The summed E-state index contributed by atoms with van der Waals surface area (Å²) in [7, 11) is 1.01. The third-order valence-electron chi connectivity index (χ3n) is 3.41. The number of carbonyl (C=O) groups excluding carboxylic acids is 1. The lowest BCUT2D eigenvalue weighted by molar-refractivity contribution is -0.234. The number of hydrogen-bond acceptors (Lipinski definition) is 2. The zero-order valence-electron chi connectivity index (χ0n) is 7.73. The van der Waals surface area contributed by atoms with E-state index in [4.69, 9.17) is 0 Å². The van der Waals surface area contributed by atoms with Crippen molar-refractivity contribution in [3.8, 4) is 0 Å². The minimum absolute atomic E-state index is 0.0756. The van der Waals surface area contributed by atoms with E-state index in [0.29, 0.717) is 0 Å². The molecule has 14 heavy (non-hydrogen) atoms. The Morgan fingerprint density at radius 1 is 1.36 bits per heavy atom. The van der Waals surface area contributed by atoms with E-state index >= 15 is 0 Å². The summed E-state index contributed by atoms with van der Waals surface area (Å²) in [4.78, 5) is 11.2. The summed E-state index contributed by atoms with van der Waals surface area (Å²) in [6.45, 7) is 0. The number of hydrogen-bond donors (Lipinski definition) is 0. The second kappa shape index (κ2) is 2.64. The average Bonchev–Trinajstić information content (AvgIpc) is 2.70. The van der Waals surface area contributed by atoms with Gasteiger partial charge in [0.05, 0.1) is 7.11 Å². The molecule has 0 saturated heterocycles. The van der Waals surface area contributed by atoms with Crippen molar-refractivity contribution in [1.29, 1.82) is 0 Å². The molecule has 2 rings (SSSR count). The molecular weight excluding hydrogens is 197 g/mol. The van der Waals surface area contributed by atoms with Crippen LogP contribution in [0, 0.1) is 17.3 Å². The molecule has 0 heterocycles. The van der Waals surface area contributed by atoms with Gasteiger partial charge in [-0.05, 0) is 31.1 Å². The summed E-state index contributed by atoms with van der Waals surface area (Å²) >= 11 is 0. The minimum Gasteiger partial charge on any atom is -0.468 e. The monoisotopic (exact) mass is 208 g/mol. The van der Waals surface area contributed by atoms with Crippen molar-refractivity contribution in [1.82, 2.24) is 0 Å². The van der Waals surface area contributed by atoms with Crippen molar-refractivity contribution in [2.24, 2.45) is 17.3 Å². The molecule has 0 N–H and O–H groups in total. The van der Waals surface area contributed by atoms with E-state index in [9.17, 15) is 18.0 Å². The number of fused-ring (bicyclic) bond motifs is 1. The quantitative estimate of drug-likeness (QED) is 0.617. The lowest BCUT2D eigenvalue weighted by Gasteiger charge is -2.29. The average molecular weight is 208 g/mol. The molecule has 80 valence electrons. The van der Waals surface area contributed by atoms with E-state index in [1.165, 1.54) is 0 Å². The van der Waals surface area contributed by atoms with Gasteiger partial charge in [0.25, 0.3) is 0 Å². The highest BCUT2D eigenvalue weighted by atomic mass is 19.4. The molecule has 2 aliphatic rings. The van der Waals surface area contributed by atoms with Crippen molar-refractivity contribution in [3.63, 3.8) is 0 Å². The van der Waals surface area contributed by atoms with Gasteiger partial charge in [-0.15, -0.1) is 0 Å². The first-order chi connectivity index (χ1) is 6.40. The van der Waals surface area contributed by atoms with Crippen molar-refractivity contribution >= 4 is 5.97 Å². The van der Waals surface area contributed by atoms with Gasteiger partial charge < -0.3 is 4.74 Å². The summed E-state index contributed by atoms with van der Waals surface area (Å²) in [6.07, 6.45) is -3.77. The first-order valence-corrected chi connectivity index (χ1v) is 4.56. The fourth-order valence-corrected chi connectivity index (χ4v) is 2.50. The third-order valence-corrected chi connectivity index (χ3v) is 3.41. The van der Waals surface area contributed by atoms with Crippen LogP contribution in [0.4, 0.5) is 13.2 Å². The van der Waals surface area contributed by atoms with Crippen molar-refractivity contribution < 1.29 is 22.7 Å². The van der Waals surface area contributed by atoms with Gasteiger partial charge in [-0.25, -0.2) is 0 Å². The number of alkyl halides is 3. The van der Waals surface area contributed by atoms with E-state index in [-0.39, 0.29) is 24.7 Å². The van der Waals surface area contributed by atoms with Gasteiger partial charge in [0.1, 0.15) is 0 Å². The van der Waals surface area contributed by atoms with Crippen LogP contribution in [-0.4, -0.2) is 19.3 Å². The predicted molar refractivity (Wildman–Crippen MR) is 41.3 cm³/mol. The Bertz CT molecular complexity index is 262. The molecule has 0 amide bonds. The standard InChI is InChI=1S/C9H11F3O2/c1-14-7(13)8(9(10,11)12)3-5-2-6(5)4-8/h5-6H,2-4H2,1H3. The Morgan fingerprint density at radius 3 is 2.21 bits per heavy atom. The van der Waals surface area contributed by atoms with Gasteiger partial charge in [-0.3, -0.25) is 4.79 Å². The first-order valence-electron chi connectivity index (χ1n) is 4.56. The van der Waals surface area contributed by atoms with Crippen LogP contribution in [0.25, 0.3) is 0 Å². The van der Waals surface area contributed by atoms with Gasteiger partial charge in [0.2, 0.25) is 0 Å². The summed E-state index contributed by atoms with van der Waals surface area (Å²) in [5.74, 6) is -0.927. The van der Waals surface area contributed by atoms with Gasteiger partial charge >= 0.3 is 12.1 Å². The smallest absolute Gasteiger partial charge is 0.404 e. The summed E-state index contributed by atoms with van der Waals surface area (Å²) < 4.78 is 42.5. The molecule has 0 bridgehead atoms. The van der Waals surface area contributed by atoms with E-state index in [1.807, 2.05) is 0 Å². The minimum atomic E-state index is -4.46. The number of esters is 1. The van der Waals surface area contributed by atoms with Crippen LogP contribution in [0.15, 0.2) is 0 Å². The largest absolute Gasteiger partial charge is 0.468 e. The third kappa shape index (κ3) is 1.14. The van der Waals surface area contributed by atoms with Crippen LogP contribution in [0.5, 0.6) is 0 Å². The Hall–Kier alpha value is -0.740. The molecule has 5 heteroatoms. The summed E-state index contributed by atoms with van der Waals surface area (Å²) in [5.41, 5.74) is -2.20. The molecule has 0 aromatic carbocycles. The topological polar surface area (TPSA) is 26.3 Å². The molecule has 0 aliphatic heterocycles. The normalized spacial score (nSPS) is 40.6. The number of rotatable bonds is 1. The van der Waals surface area contributed by atoms with Crippen LogP contribution < -0.4 is 0 Å². The molecule has 0 aromatic heterocycles. The Labute approximate surface area is 79.4 Å². The predicted octanol–water partition coefficient (Wildman–Crippen LogP) is 2.14. The van der Waals surface area contributed by atoms with E-state index < -0.39 is 17.6 Å². The number of halogens is 3. The van der Waals surface area contributed by atoms with Gasteiger partial charge in [-0.1, -0.05) is 0 Å². The highest BCUT2D eigenvalue weighted by molar-refractivity contribution is 5.78. The molecular formula is C9H11F3O2. The molecule has 2 nitrogen and oxygen atoms in total. The first kappa shape index (κ1) is 9.80. The van der Waals surface area contributed by atoms with Gasteiger partial charge in [-0.2, -0.15) is 13.2 Å². The van der Waals surface area contributed by atoms with Crippen molar-refractivity contribution in [3.05, 3.63) is 0 Å². The van der Waals surface area contributed by atoms with Crippen LogP contribution in [-0.2, 0) is 9.53 Å². The van der Waals surface area contributed by atoms with Crippen LogP contribution >= 0.6 is 0 Å². The van der Waals surface area contributed by atoms with Gasteiger partial charge in [0.15, 0.2) is 5.41 Å². The molecule has 2 atom stereocenters. The zero-order valence-corrected chi connectivity index (χ0v) is 7.73. The molecule has 2 saturated carbocycles. The second-order valence-electron chi connectivity index (χ2n) is 4.24. The highest BCUT2D eigenvalue weighted by Crippen LogP contribution is 2.65. The van der Waals surface area contributed by atoms with E-state index in [2.05, 4.69) is 4.74 Å². The lowest BCUT2D eigenvalue weighted by atomic mass is 9.82. The number of ether oxygens (including phenoxy) is 1. The SMILES string of the molecule is COC(=O)C1(C(F)(F)F)CC2CC2C1. The van der Waals surface area contributed by atoms with Crippen LogP contribution in [0.2, 0.25) is 0 Å². The van der Waals surface area contributed by atoms with Crippen LogP contribution in [0.3, 0.4) is 0 Å². The fourth-order valence-electron chi connectivity index (χ4n) is 2.50. The number of carbonyl (C=O) groups is 1. The van der Waals surface area contributed by atoms with Crippen molar-refractivity contribution in [2.75, 3.05) is 7.11 Å². The van der Waals surface area contributed by atoms with Crippen LogP contribution in [0.1, 0.15) is 19.3 Å². The molecule has 2 unspecified atom stereocenters. The molecule has 0 radical (unpaired) electrons. The zero-order chi connectivity index (χ0) is 10.6. The fraction of sp³-hybridized carbons (Fsp3) is 0.889. The Morgan fingerprint density at radius 2 is 1.86 bits per heavy atom. The Kier molecular flexibility index (Phi) is 1.85. The summed E-state index contributed by atoms with van der Waals surface area (Å²) in [6, 6.07) is 0. The number of methoxy groups -OCH3 is 1. The summed E-state index contributed by atoms with van der Waals surface area (Å²) in [5, 5.41) is 0. The molecule has 2 fully saturated rings. The molecule has 0 aromatic rings. The van der Waals surface area contributed by atoms with E-state index in [0.717, 1.165) is 13.5 Å². The maximum atomic E-state index is 12.7. The maximum Gasteiger partial charge on any atom is 0.404 e. The van der Waals surface area contributed by atoms with Crippen molar-refractivity contribution in [2.45, 2.75) is 25.4 Å². The highest BCUT2D eigenvalue weighted by Gasteiger charge is 2.70. The van der Waals surface area contributed by atoms with Gasteiger partial charge in [0, 0.05) is 0 Å². The molecule has 0 spiro atoms. The molecule has 2 aliphatic carbocycles. The van der Waals surface area contributed by atoms with E-state index in [1.54, 1.807) is 0 Å². The lowest BCUT2D eigenvalue weighted by Crippen LogP contribution is -2.44. The second-order valence-corrected chi connectivity index (χ2v) is 4.24. The maximum absolute atomic E-state index is 12.7. The Balaban J connectivity index is 2.26.